The van der Waals surface area contributed by atoms with Gasteiger partial charge in [-0.2, -0.15) is 0 Å². The molecule has 0 heterocycles. The SMILES string of the molecule is CC(C)(C)c1cc([Se]C(F)(F)F)cc(C(C)(C)C)c1O. The van der Waals surface area contributed by atoms with Gasteiger partial charge in [0.2, 0.25) is 0 Å². The normalized spacial score (nSPS) is 13.7. The van der Waals surface area contributed by atoms with E-state index in [1.807, 2.05) is 41.5 Å². The Morgan fingerprint density at radius 3 is 1.45 bits per heavy atom. The molecule has 0 unspecified atom stereocenters. The molecule has 1 N–H and O–H groups in total. The molecule has 0 saturated heterocycles. The van der Waals surface area contributed by atoms with E-state index in [9.17, 15) is 18.3 Å². The number of rotatable bonds is 1. The summed E-state index contributed by atoms with van der Waals surface area (Å²) in [6, 6.07) is 3.00. The zero-order chi connectivity index (χ0) is 15.9. The van der Waals surface area contributed by atoms with E-state index in [0.29, 0.717) is 11.1 Å². The molecule has 1 aromatic rings. The van der Waals surface area contributed by atoms with Crippen LogP contribution in [0.25, 0.3) is 0 Å². The van der Waals surface area contributed by atoms with Crippen LogP contribution in [0.15, 0.2) is 12.1 Å². The van der Waals surface area contributed by atoms with Gasteiger partial charge in [-0.05, 0) is 0 Å². The van der Waals surface area contributed by atoms with E-state index in [2.05, 4.69) is 0 Å². The number of phenolic OH excluding ortho intramolecular Hbond substituents is 1. The van der Waals surface area contributed by atoms with Gasteiger partial charge in [0, 0.05) is 0 Å². The van der Waals surface area contributed by atoms with Crippen LogP contribution in [0.5, 0.6) is 5.75 Å². The van der Waals surface area contributed by atoms with Crippen molar-refractivity contribution in [1.82, 2.24) is 0 Å². The van der Waals surface area contributed by atoms with Gasteiger partial charge < -0.3 is 0 Å². The Kier molecular flexibility index (Phi) is 4.58. The second-order valence-corrected chi connectivity index (χ2v) is 9.30. The summed E-state index contributed by atoms with van der Waals surface area (Å²) in [4.78, 5) is 0. The number of phenols is 1. The van der Waals surface area contributed by atoms with Gasteiger partial charge in [-0.15, -0.1) is 0 Å². The molecule has 0 saturated carbocycles. The Bertz CT molecular complexity index is 458. The predicted molar refractivity (Wildman–Crippen MR) is 76.9 cm³/mol. The Morgan fingerprint density at radius 2 is 1.20 bits per heavy atom. The summed E-state index contributed by atoms with van der Waals surface area (Å²) in [6.45, 7) is 11.3. The van der Waals surface area contributed by atoms with E-state index >= 15 is 0 Å². The quantitative estimate of drug-likeness (QED) is 0.761. The van der Waals surface area contributed by atoms with Crippen LogP contribution in [0.2, 0.25) is 0 Å². The maximum atomic E-state index is 12.7. The number of halogens is 3. The molecule has 0 spiro atoms. The van der Waals surface area contributed by atoms with Crippen molar-refractivity contribution in [3.05, 3.63) is 23.3 Å². The summed E-state index contributed by atoms with van der Waals surface area (Å²) in [5.74, 6) is 0.117. The summed E-state index contributed by atoms with van der Waals surface area (Å²) < 4.78 is 38.3. The third-order valence-corrected chi connectivity index (χ3v) is 4.41. The molecule has 114 valence electrons. The van der Waals surface area contributed by atoms with Crippen molar-refractivity contribution in [1.29, 1.82) is 0 Å². The summed E-state index contributed by atoms with van der Waals surface area (Å²) >= 11 is -1.60. The fraction of sp³-hybridized carbons (Fsp3) is 0.600. The van der Waals surface area contributed by atoms with Crippen LogP contribution in [-0.4, -0.2) is 25.1 Å². The molecule has 0 fully saturated rings. The molecule has 0 radical (unpaired) electrons. The van der Waals surface area contributed by atoms with Crippen molar-refractivity contribution in [3.63, 3.8) is 0 Å². The van der Waals surface area contributed by atoms with E-state index in [1.54, 1.807) is 0 Å². The van der Waals surface area contributed by atoms with E-state index in [0.717, 1.165) is 0 Å². The summed E-state index contributed by atoms with van der Waals surface area (Å²) in [6.07, 6.45) is 0. The van der Waals surface area contributed by atoms with Gasteiger partial charge in [0.1, 0.15) is 0 Å². The van der Waals surface area contributed by atoms with Crippen LogP contribution in [0, 0.1) is 0 Å². The van der Waals surface area contributed by atoms with Crippen LogP contribution < -0.4 is 4.46 Å². The summed E-state index contributed by atoms with van der Waals surface area (Å²) in [5, 5.41) is 6.22. The van der Waals surface area contributed by atoms with Crippen molar-refractivity contribution >= 4 is 19.4 Å². The van der Waals surface area contributed by atoms with Crippen molar-refractivity contribution in [2.24, 2.45) is 0 Å². The zero-order valence-corrected chi connectivity index (χ0v) is 14.4. The number of hydrogen-bond acceptors (Lipinski definition) is 1. The van der Waals surface area contributed by atoms with E-state index < -0.39 is 30.9 Å². The van der Waals surface area contributed by atoms with E-state index in [1.165, 1.54) is 12.1 Å². The Labute approximate surface area is 124 Å². The number of benzene rings is 1. The average molecular weight is 353 g/mol. The monoisotopic (exact) mass is 354 g/mol. The third-order valence-electron chi connectivity index (χ3n) is 2.93. The maximum absolute atomic E-state index is 12.7. The predicted octanol–water partition coefficient (Wildman–Crippen LogP) is 3.84. The first-order valence-corrected chi connectivity index (χ1v) is 8.07. The van der Waals surface area contributed by atoms with Crippen LogP contribution in [0.4, 0.5) is 13.2 Å². The van der Waals surface area contributed by atoms with Gasteiger partial charge in [0.05, 0.1) is 0 Å². The molecule has 0 aromatic heterocycles. The summed E-state index contributed by atoms with van der Waals surface area (Å²) in [5.41, 5.74) is 0.348. The molecule has 1 nitrogen and oxygen atoms in total. The third kappa shape index (κ3) is 4.42. The van der Waals surface area contributed by atoms with Crippen molar-refractivity contribution in [2.45, 2.75) is 57.4 Å². The van der Waals surface area contributed by atoms with Gasteiger partial charge in [-0.3, -0.25) is 0 Å². The van der Waals surface area contributed by atoms with Crippen LogP contribution in [0.1, 0.15) is 52.7 Å². The number of aromatic hydroxyl groups is 1. The zero-order valence-electron chi connectivity index (χ0n) is 12.6. The molecule has 5 heteroatoms. The molecule has 1 aromatic carbocycles. The molecule has 0 aliphatic rings. The molecule has 0 aliphatic heterocycles. The van der Waals surface area contributed by atoms with Crippen LogP contribution in [0.3, 0.4) is 0 Å². The molecular formula is C15H21F3OSe. The first-order valence-electron chi connectivity index (χ1n) is 6.35. The van der Waals surface area contributed by atoms with Crippen LogP contribution in [-0.2, 0) is 10.8 Å². The molecule has 20 heavy (non-hydrogen) atoms. The van der Waals surface area contributed by atoms with Crippen molar-refractivity contribution in [3.8, 4) is 5.75 Å². The first-order chi connectivity index (χ1) is 8.72. The second kappa shape index (κ2) is 5.27. The Balaban J connectivity index is 3.51. The topological polar surface area (TPSA) is 20.2 Å². The van der Waals surface area contributed by atoms with Gasteiger partial charge >= 0.3 is 124 Å². The minimum atomic E-state index is -4.19. The van der Waals surface area contributed by atoms with Gasteiger partial charge in [0.25, 0.3) is 0 Å². The average Bonchev–Trinajstić information content (AvgIpc) is 2.14. The van der Waals surface area contributed by atoms with Crippen LogP contribution >= 0.6 is 0 Å². The Morgan fingerprint density at radius 1 is 0.850 bits per heavy atom. The Hall–Kier alpha value is -0.671. The molecule has 0 amide bonds. The van der Waals surface area contributed by atoms with Crippen molar-refractivity contribution in [2.75, 3.05) is 0 Å². The molecular weight excluding hydrogens is 332 g/mol. The second-order valence-electron chi connectivity index (χ2n) is 6.91. The summed E-state index contributed by atoms with van der Waals surface area (Å²) in [7, 11) is 0. The molecule has 0 atom stereocenters. The number of alkyl halides is 3. The molecule has 0 bridgehead atoms. The van der Waals surface area contributed by atoms with Gasteiger partial charge in [-0.1, -0.05) is 0 Å². The minimum absolute atomic E-state index is 0.117. The number of hydrogen-bond donors (Lipinski definition) is 1. The molecule has 1 rings (SSSR count). The standard InChI is InChI=1S/C15H21F3OSe/c1-13(2,3)10-7-9(20-15(16,17)18)8-11(12(10)19)14(4,5)6/h7-8,19H,1-6H3. The van der Waals surface area contributed by atoms with E-state index in [4.69, 9.17) is 0 Å². The van der Waals surface area contributed by atoms with Crippen molar-refractivity contribution < 1.29 is 18.3 Å². The van der Waals surface area contributed by atoms with Gasteiger partial charge in [-0.25, -0.2) is 0 Å². The first kappa shape index (κ1) is 17.4. The van der Waals surface area contributed by atoms with Gasteiger partial charge in [0.15, 0.2) is 0 Å². The molecule has 0 aliphatic carbocycles. The fourth-order valence-electron chi connectivity index (χ4n) is 1.94. The fourth-order valence-corrected chi connectivity index (χ4v) is 3.25. The van der Waals surface area contributed by atoms with E-state index in [-0.39, 0.29) is 10.2 Å².